The van der Waals surface area contributed by atoms with Gasteiger partial charge in [0.25, 0.3) is 0 Å². The Bertz CT molecular complexity index is 750. The van der Waals surface area contributed by atoms with E-state index in [0.717, 1.165) is 11.1 Å². The van der Waals surface area contributed by atoms with Gasteiger partial charge in [0.2, 0.25) is 5.28 Å². The first kappa shape index (κ1) is 11.9. The minimum atomic E-state index is 0.185. The number of aromatic nitrogens is 4. The van der Waals surface area contributed by atoms with Crippen molar-refractivity contribution >= 4 is 34.1 Å². The van der Waals surface area contributed by atoms with Crippen LogP contribution in [0.25, 0.3) is 11.0 Å². The number of aromatic amines is 1. The summed E-state index contributed by atoms with van der Waals surface area (Å²) in [6.45, 7) is 4.13. The van der Waals surface area contributed by atoms with Crippen molar-refractivity contribution in [3.63, 3.8) is 0 Å². The number of nitrogens with one attached hydrogen (secondary N) is 2. The molecule has 0 radical (unpaired) electrons. The van der Waals surface area contributed by atoms with Crippen molar-refractivity contribution in [1.29, 1.82) is 0 Å². The van der Waals surface area contributed by atoms with E-state index in [1.165, 1.54) is 11.1 Å². The zero-order chi connectivity index (χ0) is 13.4. The van der Waals surface area contributed by atoms with Crippen molar-refractivity contribution in [2.24, 2.45) is 0 Å². The molecule has 3 rings (SSSR count). The molecular formula is C13H12ClN5. The third-order valence-electron chi connectivity index (χ3n) is 3.14. The van der Waals surface area contributed by atoms with E-state index in [4.69, 9.17) is 11.6 Å². The SMILES string of the molecule is Cc1cccc(Nc2nc(Cl)nc3[nH]ncc23)c1C. The van der Waals surface area contributed by atoms with Crippen molar-refractivity contribution in [2.75, 3.05) is 5.32 Å². The molecule has 2 heterocycles. The number of aryl methyl sites for hydroxylation is 1. The van der Waals surface area contributed by atoms with Crippen LogP contribution in [-0.2, 0) is 0 Å². The van der Waals surface area contributed by atoms with Crippen molar-refractivity contribution in [3.8, 4) is 0 Å². The molecule has 0 unspecified atom stereocenters. The van der Waals surface area contributed by atoms with Gasteiger partial charge in [0, 0.05) is 5.69 Å². The molecule has 0 aliphatic carbocycles. The van der Waals surface area contributed by atoms with Crippen LogP contribution in [0.15, 0.2) is 24.4 Å². The number of hydrogen-bond donors (Lipinski definition) is 2. The number of H-pyrrole nitrogens is 1. The summed E-state index contributed by atoms with van der Waals surface area (Å²) in [5, 5.41) is 11.0. The summed E-state index contributed by atoms with van der Waals surface area (Å²) in [5.74, 6) is 0.650. The summed E-state index contributed by atoms with van der Waals surface area (Å²) >= 11 is 5.91. The number of nitrogens with zero attached hydrogens (tertiary/aromatic N) is 3. The first-order valence-electron chi connectivity index (χ1n) is 5.85. The second-order valence-corrected chi connectivity index (χ2v) is 4.68. The molecule has 6 heteroatoms. The summed E-state index contributed by atoms with van der Waals surface area (Å²) in [5.41, 5.74) is 4.01. The fourth-order valence-electron chi connectivity index (χ4n) is 1.92. The van der Waals surface area contributed by atoms with Crippen LogP contribution in [0.5, 0.6) is 0 Å². The molecule has 19 heavy (non-hydrogen) atoms. The van der Waals surface area contributed by atoms with Crippen LogP contribution in [0.1, 0.15) is 11.1 Å². The molecule has 0 saturated heterocycles. The first-order chi connectivity index (χ1) is 9.15. The Morgan fingerprint density at radius 3 is 2.89 bits per heavy atom. The van der Waals surface area contributed by atoms with E-state index in [-0.39, 0.29) is 5.28 Å². The molecule has 0 bridgehead atoms. The Labute approximate surface area is 115 Å². The zero-order valence-corrected chi connectivity index (χ0v) is 11.3. The maximum Gasteiger partial charge on any atom is 0.226 e. The van der Waals surface area contributed by atoms with Crippen molar-refractivity contribution in [2.45, 2.75) is 13.8 Å². The third kappa shape index (κ3) is 2.13. The highest BCUT2D eigenvalue weighted by Gasteiger charge is 2.10. The highest BCUT2D eigenvalue weighted by Crippen LogP contribution is 2.26. The number of hydrogen-bond acceptors (Lipinski definition) is 4. The lowest BCUT2D eigenvalue weighted by Gasteiger charge is -2.11. The maximum atomic E-state index is 5.91. The second kappa shape index (κ2) is 4.51. The molecule has 3 aromatic rings. The van der Waals surface area contributed by atoms with E-state index in [9.17, 15) is 0 Å². The molecule has 2 aromatic heterocycles. The van der Waals surface area contributed by atoms with Crippen molar-refractivity contribution in [3.05, 3.63) is 40.8 Å². The molecule has 5 nitrogen and oxygen atoms in total. The van der Waals surface area contributed by atoms with Crippen molar-refractivity contribution in [1.82, 2.24) is 20.2 Å². The number of fused-ring (bicyclic) bond motifs is 1. The number of benzene rings is 1. The quantitative estimate of drug-likeness (QED) is 0.703. The predicted molar refractivity (Wildman–Crippen MR) is 75.9 cm³/mol. The Morgan fingerprint density at radius 1 is 1.21 bits per heavy atom. The lowest BCUT2D eigenvalue weighted by molar-refractivity contribution is 1.09. The van der Waals surface area contributed by atoms with Crippen LogP contribution in [0.3, 0.4) is 0 Å². The normalized spacial score (nSPS) is 10.9. The molecule has 0 atom stereocenters. The fraction of sp³-hybridized carbons (Fsp3) is 0.154. The molecule has 0 spiro atoms. The van der Waals surface area contributed by atoms with Crippen LogP contribution in [-0.4, -0.2) is 20.2 Å². The molecule has 0 aliphatic rings. The standard InChI is InChI=1S/C13H12ClN5/c1-7-4-3-5-10(8(7)2)16-11-9-6-15-19-12(9)18-13(14)17-11/h3-6H,1-2H3,(H2,15,16,17,18,19). The molecule has 1 aromatic carbocycles. The summed E-state index contributed by atoms with van der Waals surface area (Å²) in [6, 6.07) is 6.07. The van der Waals surface area contributed by atoms with Gasteiger partial charge < -0.3 is 5.32 Å². The monoisotopic (exact) mass is 273 g/mol. The van der Waals surface area contributed by atoms with Crippen LogP contribution in [0.4, 0.5) is 11.5 Å². The molecule has 0 saturated carbocycles. The lowest BCUT2D eigenvalue weighted by Crippen LogP contribution is -1.99. The van der Waals surface area contributed by atoms with E-state index in [2.05, 4.69) is 45.4 Å². The Hall–Kier alpha value is -2.14. The van der Waals surface area contributed by atoms with Gasteiger partial charge in [-0.3, -0.25) is 5.10 Å². The van der Waals surface area contributed by atoms with Gasteiger partial charge in [-0.25, -0.2) is 0 Å². The van der Waals surface area contributed by atoms with Gasteiger partial charge in [-0.05, 0) is 42.6 Å². The Kier molecular flexibility index (Phi) is 2.83. The average Bonchev–Trinajstić information content (AvgIpc) is 2.83. The summed E-state index contributed by atoms with van der Waals surface area (Å²) in [6.07, 6.45) is 1.68. The number of rotatable bonds is 2. The molecule has 2 N–H and O–H groups in total. The average molecular weight is 274 g/mol. The van der Waals surface area contributed by atoms with Gasteiger partial charge in [0.1, 0.15) is 5.82 Å². The minimum Gasteiger partial charge on any atom is -0.339 e. The van der Waals surface area contributed by atoms with Crippen LogP contribution >= 0.6 is 11.6 Å². The van der Waals surface area contributed by atoms with Crippen molar-refractivity contribution < 1.29 is 0 Å². The lowest BCUT2D eigenvalue weighted by atomic mass is 10.1. The zero-order valence-electron chi connectivity index (χ0n) is 10.5. The van der Waals surface area contributed by atoms with Crippen LogP contribution in [0.2, 0.25) is 5.28 Å². The Balaban J connectivity index is 2.10. The van der Waals surface area contributed by atoms with Gasteiger partial charge >= 0.3 is 0 Å². The minimum absolute atomic E-state index is 0.185. The highest BCUT2D eigenvalue weighted by molar-refractivity contribution is 6.28. The van der Waals surface area contributed by atoms with E-state index in [1.54, 1.807) is 6.20 Å². The molecule has 0 amide bonds. The van der Waals surface area contributed by atoms with Gasteiger partial charge in [-0.1, -0.05) is 12.1 Å². The summed E-state index contributed by atoms with van der Waals surface area (Å²) in [4.78, 5) is 8.30. The first-order valence-corrected chi connectivity index (χ1v) is 6.23. The molecule has 96 valence electrons. The van der Waals surface area contributed by atoms with Gasteiger partial charge in [0.15, 0.2) is 5.65 Å². The Morgan fingerprint density at radius 2 is 2.05 bits per heavy atom. The smallest absolute Gasteiger partial charge is 0.226 e. The van der Waals surface area contributed by atoms with E-state index < -0.39 is 0 Å². The second-order valence-electron chi connectivity index (χ2n) is 4.35. The largest absolute Gasteiger partial charge is 0.339 e. The highest BCUT2D eigenvalue weighted by atomic mass is 35.5. The van der Waals surface area contributed by atoms with Gasteiger partial charge in [-0.2, -0.15) is 15.1 Å². The van der Waals surface area contributed by atoms with Gasteiger partial charge in [0.05, 0.1) is 11.6 Å². The summed E-state index contributed by atoms with van der Waals surface area (Å²) in [7, 11) is 0. The van der Waals surface area contributed by atoms with E-state index in [1.807, 2.05) is 12.1 Å². The van der Waals surface area contributed by atoms with Gasteiger partial charge in [-0.15, -0.1) is 0 Å². The third-order valence-corrected chi connectivity index (χ3v) is 3.31. The maximum absolute atomic E-state index is 5.91. The topological polar surface area (TPSA) is 66.5 Å². The van der Waals surface area contributed by atoms with Crippen LogP contribution in [0, 0.1) is 13.8 Å². The van der Waals surface area contributed by atoms with Crippen LogP contribution < -0.4 is 5.32 Å². The predicted octanol–water partition coefficient (Wildman–Crippen LogP) is 3.37. The summed E-state index contributed by atoms with van der Waals surface area (Å²) < 4.78 is 0. The number of halogens is 1. The fourth-order valence-corrected chi connectivity index (χ4v) is 2.09. The molecule has 0 fully saturated rings. The number of anilines is 2. The molecule has 0 aliphatic heterocycles. The van der Waals surface area contributed by atoms with E-state index >= 15 is 0 Å². The molecular weight excluding hydrogens is 262 g/mol. The van der Waals surface area contributed by atoms with E-state index in [0.29, 0.717) is 11.5 Å².